The lowest BCUT2D eigenvalue weighted by Crippen LogP contribution is -2.31. The summed E-state index contributed by atoms with van der Waals surface area (Å²) >= 11 is 3.50. The molecule has 21 heavy (non-hydrogen) atoms. The van der Waals surface area contributed by atoms with Gasteiger partial charge >= 0.3 is 0 Å². The Bertz CT molecular complexity index is 665. The van der Waals surface area contributed by atoms with Gasteiger partial charge in [0.25, 0.3) is 0 Å². The second kappa shape index (κ2) is 6.09. The van der Waals surface area contributed by atoms with Gasteiger partial charge in [-0.2, -0.15) is 0 Å². The van der Waals surface area contributed by atoms with Crippen LogP contribution in [0.25, 0.3) is 0 Å². The molecule has 0 amide bonds. The Hall–Kier alpha value is -1.50. The van der Waals surface area contributed by atoms with Gasteiger partial charge in [0.05, 0.1) is 18.3 Å². The van der Waals surface area contributed by atoms with Crippen LogP contribution in [0.15, 0.2) is 34.9 Å². The van der Waals surface area contributed by atoms with E-state index in [1.807, 2.05) is 6.07 Å². The van der Waals surface area contributed by atoms with Crippen LogP contribution in [0, 0.1) is 5.82 Å². The first-order valence-corrected chi connectivity index (χ1v) is 7.49. The Morgan fingerprint density at radius 2 is 2.33 bits per heavy atom. The van der Waals surface area contributed by atoms with Gasteiger partial charge < -0.3 is 4.74 Å². The summed E-state index contributed by atoms with van der Waals surface area (Å²) in [6.07, 6.45) is 2.96. The fourth-order valence-corrected chi connectivity index (χ4v) is 3.16. The number of nitrogens with one attached hydrogen (secondary N) is 1. The molecule has 0 aliphatic carbocycles. The summed E-state index contributed by atoms with van der Waals surface area (Å²) in [5.41, 5.74) is 5.11. The van der Waals surface area contributed by atoms with Crippen molar-refractivity contribution in [1.29, 1.82) is 0 Å². The highest BCUT2D eigenvalue weighted by atomic mass is 79.9. The van der Waals surface area contributed by atoms with E-state index in [1.54, 1.807) is 12.3 Å². The monoisotopic (exact) mass is 351 g/mol. The average Bonchev–Trinajstić information content (AvgIpc) is 2.93. The molecule has 2 heterocycles. The molecule has 1 unspecified atom stereocenters. The zero-order chi connectivity index (χ0) is 14.8. The van der Waals surface area contributed by atoms with Crippen molar-refractivity contribution in [3.63, 3.8) is 0 Å². The summed E-state index contributed by atoms with van der Waals surface area (Å²) in [5.74, 6) is 6.11. The average molecular weight is 352 g/mol. The van der Waals surface area contributed by atoms with E-state index in [0.29, 0.717) is 18.7 Å². The maximum Gasteiger partial charge on any atom is 0.146 e. The number of fused-ring (bicyclic) bond motifs is 1. The SMILES string of the molecule is NNC(Cc1cc(Br)cc2c1OCC2)c1ncccc1F. The van der Waals surface area contributed by atoms with E-state index in [1.165, 1.54) is 6.07 Å². The molecule has 3 N–H and O–H groups in total. The van der Waals surface area contributed by atoms with Crippen LogP contribution < -0.4 is 16.0 Å². The van der Waals surface area contributed by atoms with E-state index < -0.39 is 6.04 Å². The number of rotatable bonds is 4. The number of hydrogen-bond donors (Lipinski definition) is 2. The molecule has 0 bridgehead atoms. The van der Waals surface area contributed by atoms with Crippen LogP contribution in [0.5, 0.6) is 5.75 Å². The van der Waals surface area contributed by atoms with Crippen LogP contribution in [0.1, 0.15) is 22.9 Å². The Morgan fingerprint density at radius 1 is 1.48 bits per heavy atom. The van der Waals surface area contributed by atoms with Crippen LogP contribution in [0.4, 0.5) is 4.39 Å². The van der Waals surface area contributed by atoms with Crippen LogP contribution in [0.3, 0.4) is 0 Å². The van der Waals surface area contributed by atoms with Gasteiger partial charge in [-0.3, -0.25) is 16.3 Å². The molecule has 1 aliphatic heterocycles. The number of pyridine rings is 1. The molecule has 1 atom stereocenters. The van der Waals surface area contributed by atoms with Gasteiger partial charge in [-0.15, -0.1) is 0 Å². The van der Waals surface area contributed by atoms with Crippen molar-refractivity contribution < 1.29 is 9.13 Å². The summed E-state index contributed by atoms with van der Waals surface area (Å²) in [7, 11) is 0. The fourth-order valence-electron chi connectivity index (χ4n) is 2.61. The molecule has 0 spiro atoms. The van der Waals surface area contributed by atoms with Crippen LogP contribution in [0.2, 0.25) is 0 Å². The highest BCUT2D eigenvalue weighted by Crippen LogP contribution is 2.35. The predicted octanol–water partition coefficient (Wildman–Crippen LogP) is 2.67. The zero-order valence-corrected chi connectivity index (χ0v) is 12.9. The summed E-state index contributed by atoms with van der Waals surface area (Å²) in [5, 5.41) is 0. The first kappa shape index (κ1) is 14.4. The standard InChI is InChI=1S/C15H15BrFN3O/c16-11-6-9-3-5-21-15(9)10(7-11)8-13(20-18)14-12(17)2-1-4-19-14/h1-2,4,6-7,13,20H,3,5,8,18H2. The largest absolute Gasteiger partial charge is 0.493 e. The normalized spacial score (nSPS) is 14.6. The number of halogens is 2. The van der Waals surface area contributed by atoms with Crippen molar-refractivity contribution in [2.75, 3.05) is 6.61 Å². The van der Waals surface area contributed by atoms with E-state index in [4.69, 9.17) is 10.6 Å². The van der Waals surface area contributed by atoms with E-state index in [0.717, 1.165) is 27.8 Å². The van der Waals surface area contributed by atoms with Crippen molar-refractivity contribution in [2.24, 2.45) is 5.84 Å². The number of nitrogens with two attached hydrogens (primary N) is 1. The zero-order valence-electron chi connectivity index (χ0n) is 11.3. The number of hydrogen-bond acceptors (Lipinski definition) is 4. The smallest absolute Gasteiger partial charge is 0.146 e. The summed E-state index contributed by atoms with van der Waals surface area (Å²) in [6.45, 7) is 0.678. The van der Waals surface area contributed by atoms with Crippen LogP contribution in [-0.2, 0) is 12.8 Å². The van der Waals surface area contributed by atoms with Crippen molar-refractivity contribution >= 4 is 15.9 Å². The maximum atomic E-state index is 13.9. The van der Waals surface area contributed by atoms with Gasteiger partial charge in [0.15, 0.2) is 0 Å². The van der Waals surface area contributed by atoms with E-state index >= 15 is 0 Å². The Kier molecular flexibility index (Phi) is 4.19. The first-order valence-electron chi connectivity index (χ1n) is 6.69. The minimum Gasteiger partial charge on any atom is -0.493 e. The molecular weight excluding hydrogens is 337 g/mol. The molecule has 1 aromatic carbocycles. The van der Waals surface area contributed by atoms with Crippen molar-refractivity contribution in [3.8, 4) is 5.75 Å². The Balaban J connectivity index is 1.94. The molecule has 2 aromatic rings. The summed E-state index contributed by atoms with van der Waals surface area (Å²) in [4.78, 5) is 4.09. The number of ether oxygens (including phenoxy) is 1. The predicted molar refractivity (Wildman–Crippen MR) is 81.3 cm³/mol. The van der Waals surface area contributed by atoms with Crippen molar-refractivity contribution in [2.45, 2.75) is 18.9 Å². The summed E-state index contributed by atoms with van der Waals surface area (Å²) < 4.78 is 20.6. The van der Waals surface area contributed by atoms with E-state index in [-0.39, 0.29) is 5.82 Å². The molecule has 0 radical (unpaired) electrons. The van der Waals surface area contributed by atoms with Crippen molar-refractivity contribution in [1.82, 2.24) is 10.4 Å². The second-order valence-corrected chi connectivity index (χ2v) is 5.86. The molecule has 1 aliphatic rings. The van der Waals surface area contributed by atoms with Gasteiger partial charge in [-0.25, -0.2) is 4.39 Å². The van der Waals surface area contributed by atoms with Crippen molar-refractivity contribution in [3.05, 3.63) is 57.6 Å². The van der Waals surface area contributed by atoms with Crippen LogP contribution >= 0.6 is 15.9 Å². The molecule has 6 heteroatoms. The quantitative estimate of drug-likeness (QED) is 0.656. The highest BCUT2D eigenvalue weighted by Gasteiger charge is 2.22. The lowest BCUT2D eigenvalue weighted by molar-refractivity contribution is 0.351. The molecule has 1 aromatic heterocycles. The molecular formula is C15H15BrFN3O. The minimum absolute atomic E-state index is 0.312. The minimum atomic E-state index is -0.409. The van der Waals surface area contributed by atoms with Gasteiger partial charge in [0.2, 0.25) is 0 Å². The van der Waals surface area contributed by atoms with Gasteiger partial charge in [-0.1, -0.05) is 15.9 Å². The molecule has 0 fully saturated rings. The Labute approximate surface area is 130 Å². The number of benzene rings is 1. The molecule has 110 valence electrons. The molecule has 3 rings (SSSR count). The maximum absolute atomic E-state index is 13.9. The number of hydrazine groups is 1. The third-order valence-corrected chi connectivity index (χ3v) is 4.03. The Morgan fingerprint density at radius 3 is 3.10 bits per heavy atom. The third-order valence-electron chi connectivity index (χ3n) is 3.57. The van der Waals surface area contributed by atoms with E-state index in [2.05, 4.69) is 32.4 Å². The highest BCUT2D eigenvalue weighted by molar-refractivity contribution is 9.10. The third kappa shape index (κ3) is 2.92. The second-order valence-electron chi connectivity index (χ2n) is 4.95. The first-order chi connectivity index (χ1) is 10.2. The van der Waals surface area contributed by atoms with Gasteiger partial charge in [0.1, 0.15) is 11.6 Å². The lowest BCUT2D eigenvalue weighted by Gasteiger charge is -2.18. The van der Waals surface area contributed by atoms with Crippen LogP contribution in [-0.4, -0.2) is 11.6 Å². The molecule has 0 saturated heterocycles. The van der Waals surface area contributed by atoms with Gasteiger partial charge in [-0.05, 0) is 41.8 Å². The lowest BCUT2D eigenvalue weighted by atomic mass is 9.99. The summed E-state index contributed by atoms with van der Waals surface area (Å²) in [6, 6.07) is 6.57. The van der Waals surface area contributed by atoms with E-state index in [9.17, 15) is 4.39 Å². The molecule has 0 saturated carbocycles. The van der Waals surface area contributed by atoms with Gasteiger partial charge in [0, 0.05) is 17.1 Å². The fraction of sp³-hybridized carbons (Fsp3) is 0.267. The topological polar surface area (TPSA) is 60.2 Å². The number of nitrogens with zero attached hydrogens (tertiary/aromatic N) is 1. The molecule has 4 nitrogen and oxygen atoms in total. The number of aromatic nitrogens is 1.